The second kappa shape index (κ2) is 11.9. The van der Waals surface area contributed by atoms with Gasteiger partial charge in [-0.15, -0.1) is 0 Å². The first kappa shape index (κ1) is 31.2. The van der Waals surface area contributed by atoms with E-state index >= 15 is 0 Å². The highest BCUT2D eigenvalue weighted by Crippen LogP contribution is 2.42. The van der Waals surface area contributed by atoms with Gasteiger partial charge in [0.1, 0.15) is 0 Å². The number of hydrogen-bond acceptors (Lipinski definition) is 0. The first-order valence-corrected chi connectivity index (χ1v) is 18.1. The maximum absolute atomic E-state index is 2.49. The van der Waals surface area contributed by atoms with Crippen molar-refractivity contribution in [2.75, 3.05) is 0 Å². The van der Waals surface area contributed by atoms with E-state index in [-0.39, 0.29) is 6.71 Å². The molecule has 0 fully saturated rings. The van der Waals surface area contributed by atoms with E-state index in [0.29, 0.717) is 0 Å². The molecule has 0 radical (unpaired) electrons. The summed E-state index contributed by atoms with van der Waals surface area (Å²) in [6, 6.07) is 51.9. The van der Waals surface area contributed by atoms with E-state index in [2.05, 4.69) is 190 Å². The molecule has 0 aliphatic heterocycles. The molecule has 0 N–H and O–H groups in total. The zero-order valence-electron chi connectivity index (χ0n) is 30.3. The molecule has 2 heterocycles. The summed E-state index contributed by atoms with van der Waals surface area (Å²) < 4.78 is 4.91. The molecule has 0 aliphatic carbocycles. The average molecular weight is 657 g/mol. The van der Waals surface area contributed by atoms with Gasteiger partial charge in [-0.25, -0.2) is 0 Å². The van der Waals surface area contributed by atoms with Crippen molar-refractivity contribution in [3.63, 3.8) is 0 Å². The minimum Gasteiger partial charge on any atom is -0.309 e. The fourth-order valence-electron chi connectivity index (χ4n) is 9.27. The van der Waals surface area contributed by atoms with Crippen LogP contribution in [-0.4, -0.2) is 15.8 Å². The molecule has 246 valence electrons. The molecule has 0 atom stereocenters. The highest BCUT2D eigenvalue weighted by molar-refractivity contribution is 6.96. The van der Waals surface area contributed by atoms with Crippen molar-refractivity contribution in [1.29, 1.82) is 0 Å². The van der Waals surface area contributed by atoms with Crippen LogP contribution in [0.25, 0.3) is 55.0 Å². The molecule has 2 nitrogen and oxygen atoms in total. The zero-order valence-corrected chi connectivity index (χ0v) is 30.3. The first-order valence-electron chi connectivity index (χ1n) is 18.1. The van der Waals surface area contributed by atoms with Crippen molar-refractivity contribution < 1.29 is 0 Å². The molecule has 3 heteroatoms. The fourth-order valence-corrected chi connectivity index (χ4v) is 9.27. The van der Waals surface area contributed by atoms with E-state index in [4.69, 9.17) is 0 Å². The third-order valence-electron chi connectivity index (χ3n) is 11.0. The van der Waals surface area contributed by atoms with Gasteiger partial charge in [0, 0.05) is 32.9 Å². The number of aromatic nitrogens is 2. The number of hydrogen-bond donors (Lipinski definition) is 0. The summed E-state index contributed by atoms with van der Waals surface area (Å²) in [5.41, 5.74) is 19.4. The summed E-state index contributed by atoms with van der Waals surface area (Å²) in [7, 11) is 0. The molecular weight excluding hydrogens is 615 g/mol. The maximum Gasteiger partial charge on any atom is 0.242 e. The molecule has 0 unspecified atom stereocenters. The number of fused-ring (bicyclic) bond motifs is 7. The number of para-hydroxylation sites is 3. The predicted molar refractivity (Wildman–Crippen MR) is 221 cm³/mol. The van der Waals surface area contributed by atoms with Gasteiger partial charge in [-0.05, 0) is 90.1 Å². The Balaban J connectivity index is 1.34. The molecular formula is C48H41BN2. The largest absolute Gasteiger partial charge is 0.309 e. The summed E-state index contributed by atoms with van der Waals surface area (Å²) in [5.74, 6) is 0. The van der Waals surface area contributed by atoms with Crippen LogP contribution >= 0.6 is 0 Å². The molecule has 0 saturated heterocycles. The van der Waals surface area contributed by atoms with Gasteiger partial charge in [-0.3, -0.25) is 0 Å². The SMILES string of the molecule is Cc1cc(C)c(B(c2cccc(-n3c4ccccc4c4c5c6ccccc6n(-c6ccccc6)c5ccc43)c2)c2c(C)cc(C)cc2C)c(C)c1. The lowest BCUT2D eigenvalue weighted by molar-refractivity contribution is 1.17. The Morgan fingerprint density at radius 2 is 0.804 bits per heavy atom. The Morgan fingerprint density at radius 1 is 0.373 bits per heavy atom. The minimum atomic E-state index is 0.106. The lowest BCUT2D eigenvalue weighted by atomic mass is 9.34. The van der Waals surface area contributed by atoms with Gasteiger partial charge >= 0.3 is 0 Å². The second-order valence-electron chi connectivity index (χ2n) is 14.5. The standard InChI is InChI=1S/C48H41BN2/c1-30-25-32(3)47(33(4)26-30)49(48-34(5)27-31(2)28-35(48)6)36-15-14-18-38(29-36)51-42-22-13-11-20-40(42)46-44(51)24-23-43-45(46)39-19-10-12-21-41(39)50(43)37-16-8-7-9-17-37/h7-29H,1-6H3. The van der Waals surface area contributed by atoms with E-state index in [9.17, 15) is 0 Å². The Bertz CT molecular complexity index is 2710. The molecule has 0 spiro atoms. The van der Waals surface area contributed by atoms with Crippen molar-refractivity contribution in [2.24, 2.45) is 0 Å². The highest BCUT2D eigenvalue weighted by atomic mass is 15.0. The maximum atomic E-state index is 2.49. The van der Waals surface area contributed by atoms with Crippen LogP contribution in [0.15, 0.2) is 140 Å². The van der Waals surface area contributed by atoms with Crippen molar-refractivity contribution in [1.82, 2.24) is 9.13 Å². The van der Waals surface area contributed by atoms with Crippen LogP contribution in [0.5, 0.6) is 0 Å². The van der Waals surface area contributed by atoms with Crippen LogP contribution in [0.2, 0.25) is 0 Å². The van der Waals surface area contributed by atoms with E-state index in [0.717, 1.165) is 0 Å². The topological polar surface area (TPSA) is 9.86 Å². The molecule has 0 bridgehead atoms. The van der Waals surface area contributed by atoms with E-state index in [1.807, 2.05) is 0 Å². The van der Waals surface area contributed by atoms with Gasteiger partial charge in [0.2, 0.25) is 6.71 Å². The molecule has 2 aromatic heterocycles. The van der Waals surface area contributed by atoms with Gasteiger partial charge in [-0.1, -0.05) is 141 Å². The van der Waals surface area contributed by atoms with Crippen LogP contribution in [-0.2, 0) is 0 Å². The second-order valence-corrected chi connectivity index (χ2v) is 14.5. The minimum absolute atomic E-state index is 0.106. The average Bonchev–Trinajstić information content (AvgIpc) is 3.63. The molecule has 0 aliphatic rings. The third-order valence-corrected chi connectivity index (χ3v) is 11.0. The van der Waals surface area contributed by atoms with Crippen LogP contribution in [0.3, 0.4) is 0 Å². The predicted octanol–water partition coefficient (Wildman–Crippen LogP) is 10.2. The van der Waals surface area contributed by atoms with Gasteiger partial charge in [0.05, 0.1) is 22.1 Å². The smallest absolute Gasteiger partial charge is 0.242 e. The van der Waals surface area contributed by atoms with E-state index < -0.39 is 0 Å². The van der Waals surface area contributed by atoms with Crippen molar-refractivity contribution in [3.8, 4) is 11.4 Å². The van der Waals surface area contributed by atoms with Crippen LogP contribution in [0.1, 0.15) is 33.4 Å². The van der Waals surface area contributed by atoms with Crippen molar-refractivity contribution in [3.05, 3.63) is 173 Å². The molecule has 0 saturated carbocycles. The summed E-state index contributed by atoms with van der Waals surface area (Å²) in [6.07, 6.45) is 0. The molecule has 0 amide bonds. The van der Waals surface area contributed by atoms with E-state index in [1.165, 1.54) is 105 Å². The Kier molecular flexibility index (Phi) is 7.29. The lowest BCUT2D eigenvalue weighted by Gasteiger charge is -2.25. The van der Waals surface area contributed by atoms with Crippen molar-refractivity contribution in [2.45, 2.75) is 41.5 Å². The van der Waals surface area contributed by atoms with Crippen LogP contribution < -0.4 is 16.4 Å². The number of nitrogens with zero attached hydrogens (tertiary/aromatic N) is 2. The normalized spacial score (nSPS) is 11.7. The number of aryl methyl sites for hydroxylation is 6. The molecule has 51 heavy (non-hydrogen) atoms. The van der Waals surface area contributed by atoms with Gasteiger partial charge in [0.25, 0.3) is 0 Å². The Hall–Kier alpha value is -5.80. The summed E-state index contributed by atoms with van der Waals surface area (Å²) in [4.78, 5) is 0. The zero-order chi connectivity index (χ0) is 35.0. The van der Waals surface area contributed by atoms with Gasteiger partial charge < -0.3 is 9.13 Å². The highest BCUT2D eigenvalue weighted by Gasteiger charge is 2.29. The quantitative estimate of drug-likeness (QED) is 0.163. The first-order chi connectivity index (χ1) is 24.8. The van der Waals surface area contributed by atoms with Gasteiger partial charge in [0.15, 0.2) is 0 Å². The summed E-state index contributed by atoms with van der Waals surface area (Å²) in [5, 5.41) is 5.14. The Morgan fingerprint density at radius 3 is 1.31 bits per heavy atom. The number of rotatable bonds is 5. The van der Waals surface area contributed by atoms with Crippen LogP contribution in [0.4, 0.5) is 0 Å². The summed E-state index contributed by atoms with van der Waals surface area (Å²) in [6.45, 7) is 13.7. The Labute approximate surface area is 300 Å². The number of benzene rings is 7. The molecule has 9 rings (SSSR count). The van der Waals surface area contributed by atoms with Gasteiger partial charge in [-0.2, -0.15) is 0 Å². The monoisotopic (exact) mass is 656 g/mol. The van der Waals surface area contributed by atoms with Crippen molar-refractivity contribution >= 4 is 66.7 Å². The summed E-state index contributed by atoms with van der Waals surface area (Å²) >= 11 is 0. The lowest BCUT2D eigenvalue weighted by Crippen LogP contribution is -2.55. The van der Waals surface area contributed by atoms with E-state index in [1.54, 1.807) is 0 Å². The molecule has 9 aromatic rings. The molecule has 7 aromatic carbocycles. The third kappa shape index (κ3) is 4.87. The fraction of sp³-hybridized carbons (Fsp3) is 0.125. The van der Waals surface area contributed by atoms with Crippen LogP contribution in [0, 0.1) is 41.5 Å².